The van der Waals surface area contributed by atoms with E-state index in [0.717, 1.165) is 6.07 Å². The lowest BCUT2D eigenvalue weighted by molar-refractivity contribution is -0.385. The molecule has 3 N–H and O–H groups in total. The Morgan fingerprint density at radius 3 is 2.23 bits per heavy atom. The molecule has 1 aliphatic heterocycles. The van der Waals surface area contributed by atoms with Crippen molar-refractivity contribution in [1.82, 2.24) is 0 Å². The van der Waals surface area contributed by atoms with Crippen LogP contribution >= 0.6 is 11.6 Å². The molecular formula is C26H17ClN4O8. The number of nitrogens with zero attached hydrogens (tertiary/aromatic N) is 2. The van der Waals surface area contributed by atoms with E-state index in [-0.39, 0.29) is 39.0 Å². The average molecular weight is 549 g/mol. The molecule has 1 heterocycles. The quantitative estimate of drug-likeness (QED) is 0.154. The Labute approximate surface area is 224 Å². The lowest BCUT2D eigenvalue weighted by Gasteiger charge is -2.08. The molecule has 0 radical (unpaired) electrons. The van der Waals surface area contributed by atoms with Gasteiger partial charge in [-0.1, -0.05) is 35.9 Å². The smallest absolute Gasteiger partial charge is 0.270 e. The summed E-state index contributed by atoms with van der Waals surface area (Å²) in [6, 6.07) is 20.6. The number of amides is 2. The van der Waals surface area contributed by atoms with Crippen molar-refractivity contribution < 1.29 is 29.3 Å². The molecule has 4 aromatic rings. The SMILES string of the molecule is O=C(Nc1ccccc1O)c1cc([N+](=O)[O-])ccc1Cl.O=C1Nc2ccccc2Oc2ccc([N+](=O)[O-])cc21. The molecule has 0 unspecified atom stereocenters. The fourth-order valence-corrected chi connectivity index (χ4v) is 3.64. The molecule has 0 bridgehead atoms. The number of anilines is 2. The predicted molar refractivity (Wildman–Crippen MR) is 142 cm³/mol. The third kappa shape index (κ3) is 6.09. The Hall–Kier alpha value is -5.49. The van der Waals surface area contributed by atoms with Crippen molar-refractivity contribution in [1.29, 1.82) is 0 Å². The van der Waals surface area contributed by atoms with Crippen molar-refractivity contribution >= 4 is 46.2 Å². The van der Waals surface area contributed by atoms with Crippen LogP contribution in [0.1, 0.15) is 20.7 Å². The number of fused-ring (bicyclic) bond motifs is 2. The maximum absolute atomic E-state index is 12.0. The van der Waals surface area contributed by atoms with Gasteiger partial charge in [-0.3, -0.25) is 29.8 Å². The molecule has 39 heavy (non-hydrogen) atoms. The predicted octanol–water partition coefficient (Wildman–Crippen LogP) is 6.16. The Bertz CT molecular complexity index is 1630. The lowest BCUT2D eigenvalue weighted by Crippen LogP contribution is -2.12. The van der Waals surface area contributed by atoms with E-state index in [1.807, 2.05) is 0 Å². The van der Waals surface area contributed by atoms with Gasteiger partial charge in [-0.15, -0.1) is 0 Å². The average Bonchev–Trinajstić information content (AvgIpc) is 3.05. The molecule has 12 nitrogen and oxygen atoms in total. The van der Waals surface area contributed by atoms with Gasteiger partial charge in [-0.05, 0) is 36.4 Å². The summed E-state index contributed by atoms with van der Waals surface area (Å²) in [5.41, 5.74) is 0.446. The van der Waals surface area contributed by atoms with E-state index in [4.69, 9.17) is 16.3 Å². The number of non-ortho nitro benzene ring substituents is 2. The number of para-hydroxylation sites is 4. The van der Waals surface area contributed by atoms with Gasteiger partial charge in [-0.2, -0.15) is 0 Å². The van der Waals surface area contributed by atoms with Crippen LogP contribution in [-0.4, -0.2) is 26.8 Å². The first-order chi connectivity index (χ1) is 18.6. The molecule has 13 heteroatoms. The van der Waals surface area contributed by atoms with Crippen molar-refractivity contribution in [2.24, 2.45) is 0 Å². The van der Waals surface area contributed by atoms with Crippen LogP contribution in [0.25, 0.3) is 0 Å². The van der Waals surface area contributed by atoms with Gasteiger partial charge in [0, 0.05) is 24.3 Å². The zero-order valence-electron chi connectivity index (χ0n) is 19.7. The largest absolute Gasteiger partial charge is 0.506 e. The molecule has 0 saturated carbocycles. The number of rotatable bonds is 4. The number of benzene rings is 4. The number of phenols is 1. The van der Waals surface area contributed by atoms with Gasteiger partial charge in [-0.25, -0.2) is 0 Å². The molecule has 0 aromatic heterocycles. The molecule has 196 valence electrons. The van der Waals surface area contributed by atoms with E-state index in [9.17, 15) is 34.9 Å². The Kier molecular flexibility index (Phi) is 7.68. The number of hydrogen-bond donors (Lipinski definition) is 3. The molecule has 1 aliphatic rings. The van der Waals surface area contributed by atoms with Crippen LogP contribution in [0.5, 0.6) is 17.2 Å². The maximum atomic E-state index is 12.0. The number of carbonyl (C=O) groups is 2. The van der Waals surface area contributed by atoms with Crippen LogP contribution in [0.2, 0.25) is 5.02 Å². The van der Waals surface area contributed by atoms with E-state index in [0.29, 0.717) is 17.2 Å². The third-order valence-corrected chi connectivity index (χ3v) is 5.66. The van der Waals surface area contributed by atoms with Crippen LogP contribution in [0.3, 0.4) is 0 Å². The monoisotopic (exact) mass is 548 g/mol. The summed E-state index contributed by atoms with van der Waals surface area (Å²) >= 11 is 5.86. The van der Waals surface area contributed by atoms with Gasteiger partial charge in [0.2, 0.25) is 0 Å². The normalized spacial score (nSPS) is 11.3. The minimum Gasteiger partial charge on any atom is -0.506 e. The van der Waals surface area contributed by atoms with Crippen LogP contribution in [0, 0.1) is 20.2 Å². The van der Waals surface area contributed by atoms with Crippen LogP contribution in [0.4, 0.5) is 22.7 Å². The highest BCUT2D eigenvalue weighted by Crippen LogP contribution is 2.36. The van der Waals surface area contributed by atoms with E-state index >= 15 is 0 Å². The fourth-order valence-electron chi connectivity index (χ4n) is 3.43. The van der Waals surface area contributed by atoms with Crippen molar-refractivity contribution in [3.63, 3.8) is 0 Å². The third-order valence-electron chi connectivity index (χ3n) is 5.33. The summed E-state index contributed by atoms with van der Waals surface area (Å²) in [5, 5.41) is 36.2. The van der Waals surface area contributed by atoms with Crippen LogP contribution < -0.4 is 15.4 Å². The number of nitrogens with one attached hydrogen (secondary N) is 2. The molecule has 0 fully saturated rings. The Balaban J connectivity index is 0.000000181. The Morgan fingerprint density at radius 1 is 0.872 bits per heavy atom. The van der Waals surface area contributed by atoms with Crippen molar-refractivity contribution in [3.05, 3.63) is 121 Å². The van der Waals surface area contributed by atoms with Gasteiger partial charge < -0.3 is 20.5 Å². The molecular weight excluding hydrogens is 532 g/mol. The fraction of sp³-hybridized carbons (Fsp3) is 0. The van der Waals surface area contributed by atoms with E-state index < -0.39 is 21.7 Å². The summed E-state index contributed by atoms with van der Waals surface area (Å²) < 4.78 is 5.60. The number of hydrogen-bond acceptors (Lipinski definition) is 8. The van der Waals surface area contributed by atoms with Crippen molar-refractivity contribution in [2.45, 2.75) is 0 Å². The molecule has 0 aliphatic carbocycles. The van der Waals surface area contributed by atoms with E-state index in [1.165, 1.54) is 42.5 Å². The topological polar surface area (TPSA) is 174 Å². The van der Waals surface area contributed by atoms with E-state index in [1.54, 1.807) is 36.4 Å². The first-order valence-corrected chi connectivity index (χ1v) is 11.4. The highest BCUT2D eigenvalue weighted by atomic mass is 35.5. The second-order valence-electron chi connectivity index (χ2n) is 7.88. The van der Waals surface area contributed by atoms with Gasteiger partial charge in [0.25, 0.3) is 23.2 Å². The molecule has 2 amide bonds. The second-order valence-corrected chi connectivity index (χ2v) is 8.29. The maximum Gasteiger partial charge on any atom is 0.270 e. The van der Waals surface area contributed by atoms with E-state index in [2.05, 4.69) is 10.6 Å². The molecule has 0 spiro atoms. The van der Waals surface area contributed by atoms with Crippen LogP contribution in [0.15, 0.2) is 84.9 Å². The van der Waals surface area contributed by atoms with Crippen molar-refractivity contribution in [2.75, 3.05) is 10.6 Å². The second kappa shape index (κ2) is 11.3. The van der Waals surface area contributed by atoms with Gasteiger partial charge in [0.15, 0.2) is 5.75 Å². The van der Waals surface area contributed by atoms with Crippen LogP contribution in [-0.2, 0) is 0 Å². The molecule has 4 aromatic carbocycles. The van der Waals surface area contributed by atoms with Gasteiger partial charge in [0.1, 0.15) is 11.5 Å². The lowest BCUT2D eigenvalue weighted by atomic mass is 10.1. The van der Waals surface area contributed by atoms with Crippen molar-refractivity contribution in [3.8, 4) is 17.2 Å². The minimum absolute atomic E-state index is 0.0379. The number of phenolic OH excluding ortho intramolecular Hbond substituents is 1. The molecule has 0 atom stereocenters. The van der Waals surface area contributed by atoms with Gasteiger partial charge in [0.05, 0.1) is 37.4 Å². The molecule has 0 saturated heterocycles. The first-order valence-electron chi connectivity index (χ1n) is 11.0. The number of nitro benzene ring substituents is 2. The summed E-state index contributed by atoms with van der Waals surface area (Å²) in [4.78, 5) is 44.3. The number of ether oxygens (including phenoxy) is 1. The number of carbonyl (C=O) groups excluding carboxylic acids is 2. The number of halogens is 1. The number of aromatic hydroxyl groups is 1. The molecule has 5 rings (SSSR count). The summed E-state index contributed by atoms with van der Waals surface area (Å²) in [5.74, 6) is -0.372. The summed E-state index contributed by atoms with van der Waals surface area (Å²) in [7, 11) is 0. The highest BCUT2D eigenvalue weighted by molar-refractivity contribution is 6.34. The van der Waals surface area contributed by atoms with Gasteiger partial charge >= 0.3 is 0 Å². The zero-order chi connectivity index (χ0) is 28.1. The minimum atomic E-state index is -0.639. The zero-order valence-corrected chi connectivity index (χ0v) is 20.4. The summed E-state index contributed by atoms with van der Waals surface area (Å²) in [6.07, 6.45) is 0. The number of nitro groups is 2. The standard InChI is InChI=1S/C13H9ClN2O4.C13H8N2O4/c14-10-6-5-8(16(19)20)7-9(10)13(18)15-11-3-1-2-4-12(11)17;16-13-9-7-8(15(17)18)5-6-11(9)19-12-4-2-1-3-10(12)14-13/h1-7,17H,(H,15,18);1-7H,(H,14,16). The summed E-state index contributed by atoms with van der Waals surface area (Å²) in [6.45, 7) is 0. The first kappa shape index (κ1) is 26.6. The highest BCUT2D eigenvalue weighted by Gasteiger charge is 2.23. The Morgan fingerprint density at radius 2 is 1.51 bits per heavy atom.